The fourth-order valence-electron chi connectivity index (χ4n) is 3.13. The molecule has 1 N–H and O–H groups in total. The molecule has 2 aromatic heterocycles. The maximum atomic E-state index is 12.3. The second-order valence-electron chi connectivity index (χ2n) is 6.60. The summed E-state index contributed by atoms with van der Waals surface area (Å²) in [7, 11) is 0. The number of hydrogen-bond acceptors (Lipinski definition) is 6. The smallest absolute Gasteiger partial charge is 0.261 e. The minimum Gasteiger partial charge on any atom is -0.351 e. The van der Waals surface area contributed by atoms with Gasteiger partial charge in [0.05, 0.1) is 23.4 Å². The molecule has 8 heteroatoms. The zero-order chi connectivity index (χ0) is 20.4. The largest absolute Gasteiger partial charge is 0.351 e. The third kappa shape index (κ3) is 3.79. The number of pyridine rings is 1. The number of carbonyl (C=O) groups is 3. The molecule has 0 bridgehead atoms. The van der Waals surface area contributed by atoms with E-state index in [1.807, 2.05) is 19.1 Å². The zero-order valence-corrected chi connectivity index (χ0v) is 16.5. The van der Waals surface area contributed by atoms with Crippen LogP contribution < -0.4 is 5.32 Å². The van der Waals surface area contributed by atoms with Crippen molar-refractivity contribution in [2.45, 2.75) is 19.9 Å². The van der Waals surface area contributed by atoms with Gasteiger partial charge in [0.1, 0.15) is 5.01 Å². The summed E-state index contributed by atoms with van der Waals surface area (Å²) in [6.45, 7) is 2.31. The van der Waals surface area contributed by atoms with Gasteiger partial charge in [-0.1, -0.05) is 12.1 Å². The van der Waals surface area contributed by atoms with Gasteiger partial charge in [-0.3, -0.25) is 24.3 Å². The first-order chi connectivity index (χ1) is 14.0. The Hall–Kier alpha value is -3.39. The van der Waals surface area contributed by atoms with Crippen molar-refractivity contribution in [3.8, 4) is 10.6 Å². The number of benzene rings is 1. The normalized spacial score (nSPS) is 12.9. The molecule has 1 aliphatic heterocycles. The van der Waals surface area contributed by atoms with E-state index in [9.17, 15) is 14.4 Å². The molecule has 0 radical (unpaired) electrons. The molecule has 0 saturated carbocycles. The van der Waals surface area contributed by atoms with E-state index in [4.69, 9.17) is 0 Å². The molecule has 3 aromatic rings. The van der Waals surface area contributed by atoms with Crippen molar-refractivity contribution >= 4 is 29.1 Å². The first-order valence-electron chi connectivity index (χ1n) is 9.13. The number of rotatable bonds is 6. The van der Waals surface area contributed by atoms with Gasteiger partial charge in [-0.05, 0) is 31.2 Å². The van der Waals surface area contributed by atoms with E-state index in [0.717, 1.165) is 26.0 Å². The molecular weight excluding hydrogens is 388 g/mol. The second kappa shape index (κ2) is 7.92. The molecule has 0 saturated heterocycles. The molecule has 0 fully saturated rings. The van der Waals surface area contributed by atoms with Crippen molar-refractivity contribution in [1.29, 1.82) is 0 Å². The number of hydrogen-bond donors (Lipinski definition) is 1. The number of carbonyl (C=O) groups excluding carboxylic acids is 3. The van der Waals surface area contributed by atoms with Crippen molar-refractivity contribution in [3.05, 3.63) is 70.5 Å². The molecule has 29 heavy (non-hydrogen) atoms. The molecule has 1 aromatic carbocycles. The summed E-state index contributed by atoms with van der Waals surface area (Å²) < 4.78 is 0. The second-order valence-corrected chi connectivity index (χ2v) is 7.69. The zero-order valence-electron chi connectivity index (χ0n) is 15.7. The average molecular weight is 406 g/mol. The Bertz CT molecular complexity index is 1060. The van der Waals surface area contributed by atoms with Crippen molar-refractivity contribution in [1.82, 2.24) is 20.2 Å². The maximum Gasteiger partial charge on any atom is 0.261 e. The summed E-state index contributed by atoms with van der Waals surface area (Å²) in [5.74, 6) is -0.923. The van der Waals surface area contributed by atoms with Crippen LogP contribution in [0.4, 0.5) is 0 Å². The summed E-state index contributed by atoms with van der Waals surface area (Å²) in [6, 6.07) is 10.5. The third-order valence-electron chi connectivity index (χ3n) is 4.69. The van der Waals surface area contributed by atoms with Gasteiger partial charge in [-0.2, -0.15) is 0 Å². The Labute approximate surface area is 171 Å². The molecule has 3 amide bonds. The SMILES string of the molecule is Cc1nc(-c2cccnc2)sc1CNC(=O)CCN1C(=O)c2ccccc2C1=O. The van der Waals surface area contributed by atoms with Crippen molar-refractivity contribution < 1.29 is 14.4 Å². The quantitative estimate of drug-likeness (QED) is 0.636. The number of imide groups is 1. The fourth-order valence-corrected chi connectivity index (χ4v) is 4.12. The Balaban J connectivity index is 1.33. The number of thiazole rings is 1. The predicted molar refractivity (Wildman–Crippen MR) is 108 cm³/mol. The summed E-state index contributed by atoms with van der Waals surface area (Å²) >= 11 is 1.51. The lowest BCUT2D eigenvalue weighted by atomic mass is 10.1. The van der Waals surface area contributed by atoms with Gasteiger partial charge >= 0.3 is 0 Å². The molecule has 3 heterocycles. The predicted octanol–water partition coefficient (Wildman–Crippen LogP) is 2.82. The highest BCUT2D eigenvalue weighted by molar-refractivity contribution is 7.15. The number of nitrogens with zero attached hydrogens (tertiary/aromatic N) is 3. The van der Waals surface area contributed by atoms with Gasteiger partial charge in [-0.25, -0.2) is 4.98 Å². The number of nitrogens with one attached hydrogen (secondary N) is 1. The maximum absolute atomic E-state index is 12.3. The molecule has 0 atom stereocenters. The average Bonchev–Trinajstić information content (AvgIpc) is 3.23. The topological polar surface area (TPSA) is 92.3 Å². The lowest BCUT2D eigenvalue weighted by Crippen LogP contribution is -2.34. The van der Waals surface area contributed by atoms with Crippen LogP contribution in [-0.2, 0) is 11.3 Å². The van der Waals surface area contributed by atoms with Crippen LogP contribution in [-0.4, -0.2) is 39.1 Å². The van der Waals surface area contributed by atoms with E-state index < -0.39 is 0 Å². The van der Waals surface area contributed by atoms with Crippen molar-refractivity contribution in [2.24, 2.45) is 0 Å². The van der Waals surface area contributed by atoms with Gasteiger partial charge < -0.3 is 5.32 Å². The van der Waals surface area contributed by atoms with Crippen LogP contribution in [0.2, 0.25) is 0 Å². The Morgan fingerprint density at radius 2 is 1.83 bits per heavy atom. The van der Waals surface area contributed by atoms with E-state index in [1.54, 1.807) is 36.7 Å². The van der Waals surface area contributed by atoms with Crippen LogP contribution in [0.25, 0.3) is 10.6 Å². The Morgan fingerprint density at radius 3 is 2.48 bits per heavy atom. The first-order valence-corrected chi connectivity index (χ1v) is 9.95. The van der Waals surface area contributed by atoms with Crippen LogP contribution in [0, 0.1) is 6.92 Å². The number of aromatic nitrogens is 2. The molecule has 7 nitrogen and oxygen atoms in total. The molecule has 0 unspecified atom stereocenters. The molecule has 4 rings (SSSR count). The van der Waals surface area contributed by atoms with Crippen LogP contribution in [0.5, 0.6) is 0 Å². The monoisotopic (exact) mass is 406 g/mol. The van der Waals surface area contributed by atoms with Crippen molar-refractivity contribution in [2.75, 3.05) is 6.54 Å². The summed E-state index contributed by atoms with van der Waals surface area (Å²) in [6.07, 6.45) is 3.51. The van der Waals surface area contributed by atoms with Gasteiger partial charge in [0.2, 0.25) is 5.91 Å². The van der Waals surface area contributed by atoms with Gasteiger partial charge in [-0.15, -0.1) is 11.3 Å². The number of aryl methyl sites for hydroxylation is 1. The minimum atomic E-state index is -0.349. The van der Waals surface area contributed by atoms with Crippen molar-refractivity contribution in [3.63, 3.8) is 0 Å². The van der Waals surface area contributed by atoms with Crippen LogP contribution in [0.3, 0.4) is 0 Å². The Morgan fingerprint density at radius 1 is 1.10 bits per heavy atom. The van der Waals surface area contributed by atoms with E-state index in [1.165, 1.54) is 11.3 Å². The van der Waals surface area contributed by atoms with Gasteiger partial charge in [0.25, 0.3) is 11.8 Å². The molecular formula is C21H18N4O3S. The molecule has 146 valence electrons. The van der Waals surface area contributed by atoms with E-state index >= 15 is 0 Å². The summed E-state index contributed by atoms with van der Waals surface area (Å²) in [4.78, 5) is 47.7. The van der Waals surface area contributed by atoms with E-state index in [0.29, 0.717) is 17.7 Å². The fraction of sp³-hybridized carbons (Fsp3) is 0.190. The van der Waals surface area contributed by atoms with E-state index in [-0.39, 0.29) is 30.7 Å². The molecule has 1 aliphatic rings. The van der Waals surface area contributed by atoms with Crippen LogP contribution in [0.1, 0.15) is 37.7 Å². The highest BCUT2D eigenvalue weighted by atomic mass is 32.1. The Kier molecular flexibility index (Phi) is 5.18. The first kappa shape index (κ1) is 18.9. The van der Waals surface area contributed by atoms with Gasteiger partial charge in [0.15, 0.2) is 0 Å². The number of fused-ring (bicyclic) bond motifs is 1. The van der Waals surface area contributed by atoms with Crippen LogP contribution >= 0.6 is 11.3 Å². The lowest BCUT2D eigenvalue weighted by molar-refractivity contribution is -0.121. The van der Waals surface area contributed by atoms with E-state index in [2.05, 4.69) is 15.3 Å². The highest BCUT2D eigenvalue weighted by Crippen LogP contribution is 2.27. The van der Waals surface area contributed by atoms with Gasteiger partial charge in [0, 0.05) is 35.8 Å². The standard InChI is InChI=1S/C21H18N4O3S/c1-13-17(29-19(24-13)14-5-4-9-22-11-14)12-23-18(26)8-10-25-20(27)15-6-2-3-7-16(15)21(25)28/h2-7,9,11H,8,10,12H2,1H3,(H,23,26). The summed E-state index contributed by atoms with van der Waals surface area (Å²) in [5, 5.41) is 3.70. The molecule has 0 aliphatic carbocycles. The van der Waals surface area contributed by atoms with Crippen LogP contribution in [0.15, 0.2) is 48.8 Å². The highest BCUT2D eigenvalue weighted by Gasteiger charge is 2.34. The minimum absolute atomic E-state index is 0.0543. The number of amides is 3. The third-order valence-corrected chi connectivity index (χ3v) is 5.89. The molecule has 0 spiro atoms. The lowest BCUT2D eigenvalue weighted by Gasteiger charge is -2.13. The summed E-state index contributed by atoms with van der Waals surface area (Å²) in [5.41, 5.74) is 2.57.